The fraction of sp³-hybridized carbons (Fsp3) is 0.632. The minimum absolute atomic E-state index is 0.195. The van der Waals surface area contributed by atoms with E-state index < -0.39 is 54.0 Å². The molecule has 0 saturated heterocycles. The summed E-state index contributed by atoms with van der Waals surface area (Å²) in [6, 6.07) is -4.54. The first-order chi connectivity index (χ1) is 15.1. The highest BCUT2D eigenvalue weighted by Crippen LogP contribution is 2.04. The minimum Gasteiger partial charge on any atom is -0.480 e. The van der Waals surface area contributed by atoms with Gasteiger partial charge in [-0.3, -0.25) is 14.4 Å². The van der Waals surface area contributed by atoms with Gasteiger partial charge >= 0.3 is 5.97 Å². The van der Waals surface area contributed by atoms with Gasteiger partial charge in [0.05, 0.1) is 18.5 Å². The van der Waals surface area contributed by atoms with Gasteiger partial charge in [-0.25, -0.2) is 9.78 Å². The number of carboxylic acids is 1. The largest absolute Gasteiger partial charge is 0.480 e. The molecule has 3 amide bonds. The molecule has 1 aromatic rings. The fourth-order valence-corrected chi connectivity index (χ4v) is 2.81. The highest BCUT2D eigenvalue weighted by atomic mass is 16.4. The van der Waals surface area contributed by atoms with E-state index in [9.17, 15) is 24.3 Å². The maximum Gasteiger partial charge on any atom is 0.328 e. The van der Waals surface area contributed by atoms with Gasteiger partial charge in [-0.05, 0) is 39.7 Å². The Balaban J connectivity index is 2.73. The Morgan fingerprint density at radius 1 is 1.09 bits per heavy atom. The molecule has 32 heavy (non-hydrogen) atoms. The van der Waals surface area contributed by atoms with Crippen LogP contribution in [0.2, 0.25) is 0 Å². The van der Waals surface area contributed by atoms with Gasteiger partial charge in [0.2, 0.25) is 17.7 Å². The third kappa shape index (κ3) is 8.99. The molecule has 180 valence electrons. The number of aromatic nitrogens is 2. The van der Waals surface area contributed by atoms with Crippen molar-refractivity contribution in [3.8, 4) is 0 Å². The third-order valence-corrected chi connectivity index (χ3v) is 4.71. The molecule has 13 heteroatoms. The summed E-state index contributed by atoms with van der Waals surface area (Å²) < 4.78 is 0. The Hall–Kier alpha value is -3.03. The summed E-state index contributed by atoms with van der Waals surface area (Å²) in [7, 11) is 0. The molecule has 0 aliphatic rings. The number of hydrogen-bond donors (Lipinski definition) is 8. The van der Waals surface area contributed by atoms with Gasteiger partial charge in [-0.15, -0.1) is 0 Å². The first-order valence-corrected chi connectivity index (χ1v) is 10.3. The first-order valence-electron chi connectivity index (χ1n) is 10.3. The van der Waals surface area contributed by atoms with Gasteiger partial charge in [-0.1, -0.05) is 0 Å². The molecular formula is C19H33N7O6. The standard InChI is InChI=1S/C19H33N7O6/c1-10(24-17(29)13(21)7-12-8-22-9-23-12)16(28)25-14(5-3-4-6-20)18(30)26-15(11(2)27)19(31)32/h8-11,13-15,27H,3-7,20-21H2,1-2H3,(H,22,23)(H,24,29)(H,25,28)(H,26,30)(H,31,32). The van der Waals surface area contributed by atoms with Crippen molar-refractivity contribution in [2.45, 2.75) is 69.8 Å². The normalized spacial score (nSPS) is 15.7. The highest BCUT2D eigenvalue weighted by molar-refractivity contribution is 5.94. The first kappa shape index (κ1) is 27.0. The van der Waals surface area contributed by atoms with E-state index in [1.165, 1.54) is 26.4 Å². The van der Waals surface area contributed by atoms with Crippen molar-refractivity contribution in [2.75, 3.05) is 6.54 Å². The SMILES string of the molecule is CC(NC(=O)C(N)Cc1cnc[nH]1)C(=O)NC(CCCCN)C(=O)NC(C(=O)O)C(C)O. The number of aliphatic hydroxyl groups is 1. The summed E-state index contributed by atoms with van der Waals surface area (Å²) in [5.74, 6) is -3.39. The van der Waals surface area contributed by atoms with Crippen LogP contribution in [0.15, 0.2) is 12.5 Å². The molecule has 10 N–H and O–H groups in total. The number of imidazole rings is 1. The lowest BCUT2D eigenvalue weighted by atomic mass is 10.1. The summed E-state index contributed by atoms with van der Waals surface area (Å²) >= 11 is 0. The quantitative estimate of drug-likeness (QED) is 0.137. The Morgan fingerprint density at radius 3 is 2.31 bits per heavy atom. The molecule has 0 aliphatic heterocycles. The van der Waals surface area contributed by atoms with Crippen molar-refractivity contribution in [3.05, 3.63) is 18.2 Å². The zero-order chi connectivity index (χ0) is 24.3. The average Bonchev–Trinajstić information content (AvgIpc) is 3.23. The van der Waals surface area contributed by atoms with Crippen molar-refractivity contribution >= 4 is 23.7 Å². The second-order valence-corrected chi connectivity index (χ2v) is 7.53. The number of aliphatic carboxylic acids is 1. The van der Waals surface area contributed by atoms with E-state index in [1.807, 2.05) is 0 Å². The highest BCUT2D eigenvalue weighted by Gasteiger charge is 2.30. The van der Waals surface area contributed by atoms with Crippen LogP contribution in [0, 0.1) is 0 Å². The Kier molecular flexibility index (Phi) is 11.3. The number of rotatable bonds is 14. The number of aliphatic hydroxyl groups excluding tert-OH is 1. The molecule has 13 nitrogen and oxygen atoms in total. The van der Waals surface area contributed by atoms with Gasteiger partial charge in [0.15, 0.2) is 6.04 Å². The van der Waals surface area contributed by atoms with E-state index in [2.05, 4.69) is 25.9 Å². The monoisotopic (exact) mass is 455 g/mol. The topological polar surface area (TPSA) is 226 Å². The summed E-state index contributed by atoms with van der Waals surface area (Å²) in [5, 5.41) is 25.9. The van der Waals surface area contributed by atoms with Crippen LogP contribution in [0.1, 0.15) is 38.8 Å². The molecular weight excluding hydrogens is 422 g/mol. The Morgan fingerprint density at radius 2 is 1.78 bits per heavy atom. The zero-order valence-corrected chi connectivity index (χ0v) is 18.2. The number of amides is 3. The second kappa shape index (κ2) is 13.4. The van der Waals surface area contributed by atoms with Gasteiger partial charge in [0.25, 0.3) is 0 Å². The van der Waals surface area contributed by atoms with Crippen LogP contribution >= 0.6 is 0 Å². The molecule has 5 atom stereocenters. The number of unbranched alkanes of at least 4 members (excludes halogenated alkanes) is 1. The lowest BCUT2D eigenvalue weighted by Crippen LogP contribution is -2.57. The molecule has 0 radical (unpaired) electrons. The molecule has 0 aromatic carbocycles. The van der Waals surface area contributed by atoms with E-state index in [-0.39, 0.29) is 12.8 Å². The summed E-state index contributed by atoms with van der Waals surface area (Å²) in [6.07, 6.45) is 3.13. The van der Waals surface area contributed by atoms with Crippen molar-refractivity contribution in [1.29, 1.82) is 0 Å². The lowest BCUT2D eigenvalue weighted by molar-refractivity contribution is -0.145. The number of hydrogen-bond acceptors (Lipinski definition) is 8. The van der Waals surface area contributed by atoms with Crippen LogP contribution in [-0.2, 0) is 25.6 Å². The smallest absolute Gasteiger partial charge is 0.328 e. The van der Waals surface area contributed by atoms with Gasteiger partial charge < -0.3 is 42.6 Å². The van der Waals surface area contributed by atoms with Crippen molar-refractivity contribution in [1.82, 2.24) is 25.9 Å². The number of carbonyl (C=O) groups is 4. The van der Waals surface area contributed by atoms with E-state index in [1.54, 1.807) is 0 Å². The molecule has 1 rings (SSSR count). The third-order valence-electron chi connectivity index (χ3n) is 4.71. The molecule has 5 unspecified atom stereocenters. The number of nitrogens with one attached hydrogen (secondary N) is 4. The summed E-state index contributed by atoms with van der Waals surface area (Å²) in [6.45, 7) is 3.04. The molecule has 0 fully saturated rings. The van der Waals surface area contributed by atoms with E-state index in [0.717, 1.165) is 0 Å². The number of nitrogens with zero attached hydrogens (tertiary/aromatic N) is 1. The van der Waals surface area contributed by atoms with Crippen LogP contribution in [0.25, 0.3) is 0 Å². The molecule has 1 heterocycles. The second-order valence-electron chi connectivity index (χ2n) is 7.53. The predicted octanol–water partition coefficient (Wildman–Crippen LogP) is -2.65. The Labute approximate surface area is 185 Å². The van der Waals surface area contributed by atoms with Gasteiger partial charge in [-0.2, -0.15) is 0 Å². The van der Waals surface area contributed by atoms with E-state index >= 15 is 0 Å². The molecule has 1 aromatic heterocycles. The van der Waals surface area contributed by atoms with Gasteiger partial charge in [0, 0.05) is 18.3 Å². The number of carboxylic acid groups (broad SMARTS) is 1. The summed E-state index contributed by atoms with van der Waals surface area (Å²) in [4.78, 5) is 55.3. The minimum atomic E-state index is -1.53. The van der Waals surface area contributed by atoms with Gasteiger partial charge in [0.1, 0.15) is 12.1 Å². The van der Waals surface area contributed by atoms with Crippen LogP contribution in [-0.4, -0.2) is 80.7 Å². The molecule has 0 saturated carbocycles. The zero-order valence-electron chi connectivity index (χ0n) is 18.2. The summed E-state index contributed by atoms with van der Waals surface area (Å²) in [5.41, 5.74) is 12.0. The van der Waals surface area contributed by atoms with Crippen LogP contribution in [0.5, 0.6) is 0 Å². The van der Waals surface area contributed by atoms with Crippen LogP contribution < -0.4 is 27.4 Å². The number of aromatic amines is 1. The average molecular weight is 456 g/mol. The number of H-pyrrole nitrogens is 1. The molecule has 0 bridgehead atoms. The predicted molar refractivity (Wildman–Crippen MR) is 114 cm³/mol. The van der Waals surface area contributed by atoms with Crippen LogP contribution in [0.4, 0.5) is 0 Å². The maximum atomic E-state index is 12.6. The lowest BCUT2D eigenvalue weighted by Gasteiger charge is -2.24. The van der Waals surface area contributed by atoms with E-state index in [0.29, 0.717) is 25.1 Å². The van der Waals surface area contributed by atoms with Crippen molar-refractivity contribution in [2.24, 2.45) is 11.5 Å². The van der Waals surface area contributed by atoms with Crippen molar-refractivity contribution < 1.29 is 29.4 Å². The number of nitrogens with two attached hydrogens (primary N) is 2. The fourth-order valence-electron chi connectivity index (χ4n) is 2.81. The Bertz CT molecular complexity index is 755. The van der Waals surface area contributed by atoms with Crippen LogP contribution in [0.3, 0.4) is 0 Å². The maximum absolute atomic E-state index is 12.6. The number of carbonyl (C=O) groups excluding carboxylic acids is 3. The van der Waals surface area contributed by atoms with E-state index in [4.69, 9.17) is 16.6 Å². The van der Waals surface area contributed by atoms with Crippen molar-refractivity contribution in [3.63, 3.8) is 0 Å². The molecule has 0 aliphatic carbocycles. The molecule has 0 spiro atoms.